The highest BCUT2D eigenvalue weighted by atomic mass is 16.5. The molecule has 2 amide bonds. The molecule has 1 aromatic rings. The van der Waals surface area contributed by atoms with E-state index in [2.05, 4.69) is 10.3 Å². The number of rotatable bonds is 4. The fraction of sp³-hybridized carbons (Fsp3) is 0.550. The van der Waals surface area contributed by atoms with Gasteiger partial charge >= 0.3 is 0 Å². The van der Waals surface area contributed by atoms with Crippen molar-refractivity contribution in [3.63, 3.8) is 0 Å². The van der Waals surface area contributed by atoms with Crippen molar-refractivity contribution in [1.82, 2.24) is 15.2 Å². The first-order valence-corrected chi connectivity index (χ1v) is 9.52. The predicted octanol–water partition coefficient (Wildman–Crippen LogP) is 1.42. The van der Waals surface area contributed by atoms with Crippen molar-refractivity contribution in [3.8, 4) is 0 Å². The molecule has 4 heterocycles. The zero-order chi connectivity index (χ0) is 17.7. The molecule has 6 nitrogen and oxygen atoms in total. The monoisotopic (exact) mass is 353 g/mol. The van der Waals surface area contributed by atoms with Crippen molar-refractivity contribution in [2.45, 2.75) is 50.0 Å². The third kappa shape index (κ3) is 2.31. The van der Waals surface area contributed by atoms with Gasteiger partial charge in [0.1, 0.15) is 5.60 Å². The van der Waals surface area contributed by atoms with Crippen LogP contribution in [0.25, 0.3) is 0 Å². The topological polar surface area (TPSA) is 71.5 Å². The van der Waals surface area contributed by atoms with Crippen molar-refractivity contribution in [2.24, 2.45) is 11.8 Å². The van der Waals surface area contributed by atoms with Crippen LogP contribution in [0.3, 0.4) is 0 Å². The first-order chi connectivity index (χ1) is 12.7. The number of carbonyl (C=O) groups is 2. The average Bonchev–Trinajstić information content (AvgIpc) is 3.42. The summed E-state index contributed by atoms with van der Waals surface area (Å²) >= 11 is 0. The number of carbonyl (C=O) groups excluding carboxylic acids is 2. The number of nitrogens with one attached hydrogen (secondary N) is 1. The summed E-state index contributed by atoms with van der Waals surface area (Å²) in [4.78, 5) is 32.1. The smallest absolute Gasteiger partial charge is 0.230 e. The van der Waals surface area contributed by atoms with Crippen LogP contribution in [0.1, 0.15) is 31.2 Å². The van der Waals surface area contributed by atoms with Gasteiger partial charge in [0, 0.05) is 25.0 Å². The minimum Gasteiger partial charge on any atom is -0.360 e. The Morgan fingerprint density at radius 1 is 1.31 bits per heavy atom. The maximum Gasteiger partial charge on any atom is 0.230 e. The second kappa shape index (κ2) is 5.91. The Balaban J connectivity index is 1.34. The minimum atomic E-state index is -0.594. The second-order valence-electron chi connectivity index (χ2n) is 7.88. The first-order valence-electron chi connectivity index (χ1n) is 9.52. The summed E-state index contributed by atoms with van der Waals surface area (Å²) in [6, 6.07) is 4.07. The van der Waals surface area contributed by atoms with Crippen LogP contribution in [0.2, 0.25) is 0 Å². The molecule has 2 bridgehead atoms. The van der Waals surface area contributed by atoms with Crippen LogP contribution >= 0.6 is 0 Å². The van der Waals surface area contributed by atoms with Gasteiger partial charge in [-0.1, -0.05) is 25.0 Å². The maximum atomic E-state index is 13.2. The van der Waals surface area contributed by atoms with Crippen molar-refractivity contribution >= 4 is 11.8 Å². The van der Waals surface area contributed by atoms with Crippen LogP contribution < -0.4 is 5.32 Å². The molecule has 3 aliphatic heterocycles. The van der Waals surface area contributed by atoms with E-state index in [-0.39, 0.29) is 23.8 Å². The van der Waals surface area contributed by atoms with Crippen LogP contribution in [-0.2, 0) is 20.9 Å². The van der Waals surface area contributed by atoms with Gasteiger partial charge < -0.3 is 15.0 Å². The van der Waals surface area contributed by atoms with Crippen molar-refractivity contribution in [2.75, 3.05) is 6.54 Å². The number of hydrogen-bond acceptors (Lipinski definition) is 4. The molecule has 1 saturated carbocycles. The SMILES string of the molecule is O=C(NCc1ccncc1)[C@H]1[C@H]2C=C[C@]3(CN(C4CCCC4)C(=O)[C@@H]13)O2. The van der Waals surface area contributed by atoms with Crippen LogP contribution in [0.4, 0.5) is 0 Å². The molecule has 1 aromatic heterocycles. The molecule has 1 spiro atoms. The summed E-state index contributed by atoms with van der Waals surface area (Å²) in [7, 11) is 0. The summed E-state index contributed by atoms with van der Waals surface area (Å²) in [6.45, 7) is 1.04. The molecule has 0 aromatic carbocycles. The number of likely N-dealkylation sites (tertiary alicyclic amines) is 1. The highest BCUT2D eigenvalue weighted by Gasteiger charge is 2.67. The quantitative estimate of drug-likeness (QED) is 0.831. The van der Waals surface area contributed by atoms with E-state index in [4.69, 9.17) is 4.74 Å². The molecule has 2 saturated heterocycles. The summed E-state index contributed by atoms with van der Waals surface area (Å²) in [6.07, 6.45) is 11.6. The third-order valence-corrected chi connectivity index (χ3v) is 6.41. The number of pyridine rings is 1. The number of fused-ring (bicyclic) bond motifs is 1. The Morgan fingerprint density at radius 2 is 2.08 bits per heavy atom. The van der Waals surface area contributed by atoms with E-state index in [1.807, 2.05) is 29.2 Å². The van der Waals surface area contributed by atoms with E-state index in [0.717, 1.165) is 18.4 Å². The van der Waals surface area contributed by atoms with Gasteiger partial charge in [0.25, 0.3) is 0 Å². The summed E-state index contributed by atoms with van der Waals surface area (Å²) in [5.41, 5.74) is 0.399. The second-order valence-corrected chi connectivity index (χ2v) is 7.88. The molecule has 1 aliphatic carbocycles. The zero-order valence-electron chi connectivity index (χ0n) is 14.6. The fourth-order valence-corrected chi connectivity index (χ4v) is 5.16. The summed E-state index contributed by atoms with van der Waals surface area (Å²) < 4.78 is 6.19. The van der Waals surface area contributed by atoms with E-state index >= 15 is 0 Å². The van der Waals surface area contributed by atoms with Gasteiger partial charge in [0.15, 0.2) is 0 Å². The molecular formula is C20H23N3O3. The normalized spacial score (nSPS) is 35.3. The zero-order valence-corrected chi connectivity index (χ0v) is 14.6. The minimum absolute atomic E-state index is 0.0929. The van der Waals surface area contributed by atoms with Crippen LogP contribution in [0.15, 0.2) is 36.7 Å². The number of hydrogen-bond donors (Lipinski definition) is 1. The lowest BCUT2D eigenvalue weighted by molar-refractivity contribution is -0.138. The van der Waals surface area contributed by atoms with E-state index in [1.165, 1.54) is 12.8 Å². The molecule has 4 atom stereocenters. The third-order valence-electron chi connectivity index (χ3n) is 6.41. The Morgan fingerprint density at radius 3 is 2.85 bits per heavy atom. The van der Waals surface area contributed by atoms with Crippen molar-refractivity contribution in [1.29, 1.82) is 0 Å². The molecule has 4 aliphatic rings. The molecule has 136 valence electrons. The Hall–Kier alpha value is -2.21. The molecular weight excluding hydrogens is 330 g/mol. The van der Waals surface area contributed by atoms with Crippen LogP contribution in [0.5, 0.6) is 0 Å². The van der Waals surface area contributed by atoms with Crippen LogP contribution in [0, 0.1) is 11.8 Å². The highest BCUT2D eigenvalue weighted by Crippen LogP contribution is 2.52. The van der Waals surface area contributed by atoms with Crippen molar-refractivity contribution in [3.05, 3.63) is 42.2 Å². The predicted molar refractivity (Wildman–Crippen MR) is 93.8 cm³/mol. The number of aromatic nitrogens is 1. The van der Waals surface area contributed by atoms with Crippen molar-refractivity contribution < 1.29 is 14.3 Å². The number of nitrogens with zero attached hydrogens (tertiary/aromatic N) is 2. The molecule has 0 radical (unpaired) electrons. The highest BCUT2D eigenvalue weighted by molar-refractivity contribution is 5.93. The van der Waals surface area contributed by atoms with Crippen LogP contribution in [-0.4, -0.2) is 46.0 Å². The molecule has 5 rings (SSSR count). The van der Waals surface area contributed by atoms with Gasteiger partial charge in [0.2, 0.25) is 11.8 Å². The Bertz CT molecular complexity index is 759. The van der Waals surface area contributed by atoms with E-state index < -0.39 is 11.5 Å². The average molecular weight is 353 g/mol. The van der Waals surface area contributed by atoms with Gasteiger partial charge in [0.05, 0.1) is 24.5 Å². The molecule has 1 N–H and O–H groups in total. The molecule has 3 fully saturated rings. The lowest BCUT2D eigenvalue weighted by atomic mass is 9.77. The summed E-state index contributed by atoms with van der Waals surface area (Å²) in [5.74, 6) is -0.797. The van der Waals surface area contributed by atoms with Gasteiger partial charge in [-0.05, 0) is 30.5 Å². The van der Waals surface area contributed by atoms with E-state index in [1.54, 1.807) is 12.4 Å². The molecule has 0 unspecified atom stereocenters. The number of amides is 2. The van der Waals surface area contributed by atoms with Gasteiger partial charge in [-0.25, -0.2) is 0 Å². The standard InChI is InChI=1S/C20H23N3O3/c24-18(22-11-13-6-9-21-10-7-13)16-15-5-8-20(26-15)12-23(19(25)17(16)20)14-3-1-2-4-14/h5-10,14-17H,1-4,11-12H2,(H,22,24)/t15-,16+,17-,20-/m1/s1. The maximum absolute atomic E-state index is 13.2. The van der Waals surface area contributed by atoms with E-state index in [9.17, 15) is 9.59 Å². The Kier molecular flexibility index (Phi) is 3.64. The van der Waals surface area contributed by atoms with Gasteiger partial charge in [-0.3, -0.25) is 14.6 Å². The molecule has 26 heavy (non-hydrogen) atoms. The molecule has 6 heteroatoms. The lowest BCUT2D eigenvalue weighted by Crippen LogP contribution is -2.44. The van der Waals surface area contributed by atoms with Gasteiger partial charge in [-0.15, -0.1) is 0 Å². The van der Waals surface area contributed by atoms with Gasteiger partial charge in [-0.2, -0.15) is 0 Å². The fourth-order valence-electron chi connectivity index (χ4n) is 5.16. The van der Waals surface area contributed by atoms with E-state index in [0.29, 0.717) is 19.1 Å². The first kappa shape index (κ1) is 16.0. The number of ether oxygens (including phenoxy) is 1. The summed E-state index contributed by atoms with van der Waals surface area (Å²) in [5, 5.41) is 2.99. The Labute approximate surface area is 152 Å². The lowest BCUT2D eigenvalue weighted by Gasteiger charge is -2.27. The largest absolute Gasteiger partial charge is 0.360 e.